The molecule has 0 aliphatic carbocycles. The number of nitrogens with one attached hydrogen (secondary N) is 1. The maximum Gasteiger partial charge on any atom is 0.322 e. The van der Waals surface area contributed by atoms with Crippen LogP contribution < -0.4 is 10.1 Å². The Morgan fingerprint density at radius 3 is 2.38 bits per heavy atom. The Morgan fingerprint density at radius 1 is 0.971 bits per heavy atom. The number of rotatable bonds is 11. The van der Waals surface area contributed by atoms with Gasteiger partial charge in [0.05, 0.1) is 25.6 Å². The zero-order chi connectivity index (χ0) is 24.3. The van der Waals surface area contributed by atoms with Gasteiger partial charge in [-0.25, -0.2) is 4.79 Å². The quantitative estimate of drug-likeness (QED) is 0.432. The molecule has 1 aromatic heterocycles. The van der Waals surface area contributed by atoms with Crippen LogP contribution in [0.25, 0.3) is 0 Å². The number of hydrogen-bond donors (Lipinski definition) is 1. The molecule has 34 heavy (non-hydrogen) atoms. The Balaban J connectivity index is 1.73. The van der Waals surface area contributed by atoms with Gasteiger partial charge >= 0.3 is 6.03 Å². The van der Waals surface area contributed by atoms with Crippen molar-refractivity contribution in [3.8, 4) is 5.75 Å². The van der Waals surface area contributed by atoms with Crippen molar-refractivity contribution in [2.75, 3.05) is 32.1 Å². The Bertz CT molecular complexity index is 1040. The van der Waals surface area contributed by atoms with E-state index in [1.807, 2.05) is 62.4 Å². The Morgan fingerprint density at radius 2 is 1.71 bits per heavy atom. The molecule has 3 rings (SSSR count). The van der Waals surface area contributed by atoms with E-state index in [2.05, 4.69) is 5.32 Å². The summed E-state index contributed by atoms with van der Waals surface area (Å²) >= 11 is 0. The highest BCUT2D eigenvalue weighted by Crippen LogP contribution is 2.23. The van der Waals surface area contributed by atoms with Crippen LogP contribution in [0.5, 0.6) is 5.75 Å². The molecule has 0 radical (unpaired) electrons. The molecule has 0 aliphatic rings. The fourth-order valence-corrected chi connectivity index (χ4v) is 3.66. The zero-order valence-electron chi connectivity index (χ0n) is 20.1. The van der Waals surface area contributed by atoms with Gasteiger partial charge in [0.15, 0.2) is 0 Å². The van der Waals surface area contributed by atoms with Gasteiger partial charge in [-0.3, -0.25) is 4.79 Å². The Labute approximate surface area is 201 Å². The number of carbonyl (C=O) groups is 2. The van der Waals surface area contributed by atoms with Crippen LogP contribution in [0.15, 0.2) is 77.4 Å². The van der Waals surface area contributed by atoms with Gasteiger partial charge in [0.25, 0.3) is 0 Å². The van der Waals surface area contributed by atoms with E-state index >= 15 is 0 Å². The maximum absolute atomic E-state index is 13.4. The molecular weight excluding hydrogens is 430 g/mol. The minimum absolute atomic E-state index is 0.0331. The van der Waals surface area contributed by atoms with Gasteiger partial charge in [-0.1, -0.05) is 56.3 Å². The van der Waals surface area contributed by atoms with Crippen LogP contribution in [-0.2, 0) is 17.8 Å². The van der Waals surface area contributed by atoms with Crippen molar-refractivity contribution in [1.29, 1.82) is 0 Å². The second-order valence-corrected chi connectivity index (χ2v) is 8.54. The summed E-state index contributed by atoms with van der Waals surface area (Å²) in [6.45, 7) is 5.32. The molecule has 0 bridgehead atoms. The van der Waals surface area contributed by atoms with E-state index in [4.69, 9.17) is 9.15 Å². The highest BCUT2D eigenvalue weighted by Gasteiger charge is 2.23. The third-order valence-electron chi connectivity index (χ3n) is 5.34. The number of para-hydroxylation sites is 2. The van der Waals surface area contributed by atoms with E-state index in [0.29, 0.717) is 43.3 Å². The highest BCUT2D eigenvalue weighted by atomic mass is 16.5. The summed E-state index contributed by atoms with van der Waals surface area (Å²) in [6.07, 6.45) is 2.31. The second kappa shape index (κ2) is 12.5. The van der Waals surface area contributed by atoms with Crippen LogP contribution >= 0.6 is 0 Å². The highest BCUT2D eigenvalue weighted by molar-refractivity contribution is 5.93. The lowest BCUT2D eigenvalue weighted by molar-refractivity contribution is -0.132. The number of benzene rings is 2. The van der Waals surface area contributed by atoms with E-state index in [0.717, 1.165) is 5.56 Å². The van der Waals surface area contributed by atoms with Crippen LogP contribution in [0.1, 0.15) is 25.2 Å². The molecular formula is C27H33N3O4. The summed E-state index contributed by atoms with van der Waals surface area (Å²) in [5.41, 5.74) is 1.71. The summed E-state index contributed by atoms with van der Waals surface area (Å²) in [7, 11) is 1.56. The predicted molar refractivity (Wildman–Crippen MR) is 133 cm³/mol. The fourth-order valence-electron chi connectivity index (χ4n) is 3.66. The first-order chi connectivity index (χ1) is 16.5. The standard InChI is InChI=1S/C27H33N3O4/c1-21(2)18-30(27(32)28-24-13-7-8-14-25(24)33-3)20-26(31)29(19-23-12-9-17-34-23)16-15-22-10-5-4-6-11-22/h4-14,17,21H,15-16,18-20H2,1-3H3,(H,28,32). The average Bonchev–Trinajstić information content (AvgIpc) is 3.35. The summed E-state index contributed by atoms with van der Waals surface area (Å²) < 4.78 is 10.8. The molecule has 0 fully saturated rings. The molecule has 7 nitrogen and oxygen atoms in total. The molecule has 0 unspecified atom stereocenters. The van der Waals surface area contributed by atoms with Gasteiger partial charge in [0.2, 0.25) is 5.91 Å². The molecule has 7 heteroatoms. The Kier molecular flexibility index (Phi) is 9.14. The molecule has 2 aromatic carbocycles. The lowest BCUT2D eigenvalue weighted by Gasteiger charge is -2.28. The van der Waals surface area contributed by atoms with Crippen LogP contribution in [0.4, 0.5) is 10.5 Å². The molecule has 0 aliphatic heterocycles. The van der Waals surface area contributed by atoms with Crippen molar-refractivity contribution in [2.24, 2.45) is 5.92 Å². The monoisotopic (exact) mass is 463 g/mol. The van der Waals surface area contributed by atoms with E-state index in [1.54, 1.807) is 41.4 Å². The fraction of sp³-hybridized carbons (Fsp3) is 0.333. The van der Waals surface area contributed by atoms with Gasteiger partial charge in [0, 0.05) is 13.1 Å². The van der Waals surface area contributed by atoms with Gasteiger partial charge in [-0.2, -0.15) is 0 Å². The number of methoxy groups -OCH3 is 1. The molecule has 1 heterocycles. The number of hydrogen-bond acceptors (Lipinski definition) is 4. The molecule has 0 spiro atoms. The smallest absolute Gasteiger partial charge is 0.322 e. The molecule has 180 valence electrons. The average molecular weight is 464 g/mol. The minimum Gasteiger partial charge on any atom is -0.495 e. The summed E-state index contributed by atoms with van der Waals surface area (Å²) in [4.78, 5) is 29.8. The summed E-state index contributed by atoms with van der Waals surface area (Å²) in [5.74, 6) is 1.33. The van der Waals surface area contributed by atoms with Gasteiger partial charge in [0.1, 0.15) is 18.1 Å². The van der Waals surface area contributed by atoms with Crippen molar-refractivity contribution in [3.63, 3.8) is 0 Å². The number of urea groups is 1. The van der Waals surface area contributed by atoms with Gasteiger partial charge in [-0.15, -0.1) is 0 Å². The normalized spacial score (nSPS) is 10.7. The maximum atomic E-state index is 13.4. The third kappa shape index (κ3) is 7.40. The van der Waals surface area contributed by atoms with Crippen molar-refractivity contribution >= 4 is 17.6 Å². The van der Waals surface area contributed by atoms with E-state index in [-0.39, 0.29) is 24.4 Å². The van der Waals surface area contributed by atoms with Crippen molar-refractivity contribution < 1.29 is 18.7 Å². The van der Waals surface area contributed by atoms with Gasteiger partial charge < -0.3 is 24.3 Å². The van der Waals surface area contributed by atoms with Crippen molar-refractivity contribution in [1.82, 2.24) is 9.80 Å². The topological polar surface area (TPSA) is 75.0 Å². The summed E-state index contributed by atoms with van der Waals surface area (Å²) in [5, 5.41) is 2.89. The van der Waals surface area contributed by atoms with E-state index < -0.39 is 0 Å². The Hall–Kier alpha value is -3.74. The number of furan rings is 1. The first-order valence-corrected chi connectivity index (χ1v) is 11.5. The number of ether oxygens (including phenoxy) is 1. The largest absolute Gasteiger partial charge is 0.495 e. The number of amides is 3. The van der Waals surface area contributed by atoms with Crippen molar-refractivity contribution in [3.05, 3.63) is 84.3 Å². The molecule has 3 aromatic rings. The lowest BCUT2D eigenvalue weighted by atomic mass is 10.1. The first-order valence-electron chi connectivity index (χ1n) is 11.5. The summed E-state index contributed by atoms with van der Waals surface area (Å²) in [6, 6.07) is 20.6. The van der Waals surface area contributed by atoms with Crippen LogP contribution in [-0.4, -0.2) is 48.5 Å². The number of carbonyl (C=O) groups excluding carboxylic acids is 2. The number of nitrogens with zero attached hydrogens (tertiary/aromatic N) is 2. The van der Waals surface area contributed by atoms with E-state index in [1.165, 1.54) is 0 Å². The third-order valence-corrected chi connectivity index (χ3v) is 5.34. The van der Waals surface area contributed by atoms with Gasteiger partial charge in [-0.05, 0) is 42.2 Å². The second-order valence-electron chi connectivity index (χ2n) is 8.54. The van der Waals surface area contributed by atoms with E-state index in [9.17, 15) is 9.59 Å². The van der Waals surface area contributed by atoms with Crippen molar-refractivity contribution in [2.45, 2.75) is 26.8 Å². The lowest BCUT2D eigenvalue weighted by Crippen LogP contribution is -2.46. The minimum atomic E-state index is -0.340. The molecule has 0 saturated carbocycles. The molecule has 0 saturated heterocycles. The van der Waals surface area contributed by atoms with Crippen LogP contribution in [0.2, 0.25) is 0 Å². The molecule has 0 atom stereocenters. The first kappa shape index (κ1) is 24.9. The zero-order valence-corrected chi connectivity index (χ0v) is 20.1. The molecule has 1 N–H and O–H groups in total. The SMILES string of the molecule is COc1ccccc1NC(=O)N(CC(=O)N(CCc1ccccc1)Cc1ccco1)CC(C)C. The number of anilines is 1. The predicted octanol–water partition coefficient (Wildman–Crippen LogP) is 5.05. The van der Waals surface area contributed by atoms with Crippen LogP contribution in [0.3, 0.4) is 0 Å². The molecule has 3 amide bonds. The van der Waals surface area contributed by atoms with Crippen LogP contribution in [0, 0.1) is 5.92 Å².